The van der Waals surface area contributed by atoms with E-state index in [0.717, 1.165) is 51.3 Å². The Morgan fingerprint density at radius 2 is 1.97 bits per heavy atom. The molecule has 0 saturated carbocycles. The minimum Gasteiger partial charge on any atom is -0.376 e. The van der Waals surface area contributed by atoms with Crippen LogP contribution in [0.5, 0.6) is 0 Å². The highest BCUT2D eigenvalue weighted by molar-refractivity contribution is 14.0. The van der Waals surface area contributed by atoms with Crippen molar-refractivity contribution in [1.82, 2.24) is 15.5 Å². The van der Waals surface area contributed by atoms with Crippen molar-refractivity contribution >= 4 is 35.8 Å². The zero-order valence-corrected chi connectivity index (χ0v) is 21.4. The van der Waals surface area contributed by atoms with E-state index in [0.29, 0.717) is 30.8 Å². The van der Waals surface area contributed by atoms with Crippen LogP contribution >= 0.6 is 24.0 Å². The number of aryl methyl sites for hydroxylation is 1. The van der Waals surface area contributed by atoms with Crippen LogP contribution < -0.4 is 10.6 Å². The van der Waals surface area contributed by atoms with Crippen molar-refractivity contribution in [3.8, 4) is 0 Å². The lowest BCUT2D eigenvalue weighted by Gasteiger charge is -2.35. The van der Waals surface area contributed by atoms with Crippen LogP contribution in [0.3, 0.4) is 0 Å². The maximum Gasteiger partial charge on any atom is 0.251 e. The molecule has 0 radical (unpaired) electrons. The number of nitrogens with one attached hydrogen (secondary N) is 2. The first-order chi connectivity index (χ1) is 15.1. The van der Waals surface area contributed by atoms with Crippen molar-refractivity contribution in [3.63, 3.8) is 0 Å². The molecular formula is C23H36FIN4O3. The Bertz CT molecular complexity index is 751. The molecule has 1 aromatic carbocycles. The second-order valence-electron chi connectivity index (χ2n) is 8.20. The number of nitrogens with zero attached hydrogens (tertiary/aromatic N) is 2. The summed E-state index contributed by atoms with van der Waals surface area (Å²) in [6.45, 7) is 5.96. The maximum atomic E-state index is 13.6. The van der Waals surface area contributed by atoms with Crippen LogP contribution in [0.4, 0.5) is 4.39 Å². The van der Waals surface area contributed by atoms with Gasteiger partial charge in [0.2, 0.25) is 0 Å². The van der Waals surface area contributed by atoms with E-state index in [1.165, 1.54) is 12.5 Å². The summed E-state index contributed by atoms with van der Waals surface area (Å²) in [6.07, 6.45) is 5.95. The van der Waals surface area contributed by atoms with E-state index >= 15 is 0 Å². The molecule has 2 fully saturated rings. The Hall–Kier alpha value is -1.46. The Kier molecular flexibility index (Phi) is 11.7. The summed E-state index contributed by atoms with van der Waals surface area (Å²) >= 11 is 0. The summed E-state index contributed by atoms with van der Waals surface area (Å²) in [4.78, 5) is 18.7. The third-order valence-electron chi connectivity index (χ3n) is 5.87. The molecule has 1 unspecified atom stereocenters. The van der Waals surface area contributed by atoms with E-state index in [4.69, 9.17) is 9.47 Å². The largest absolute Gasteiger partial charge is 0.376 e. The smallest absolute Gasteiger partial charge is 0.251 e. The highest BCUT2D eigenvalue weighted by atomic mass is 127. The molecule has 180 valence electrons. The molecule has 2 aliphatic rings. The molecular weight excluding hydrogens is 526 g/mol. The lowest BCUT2D eigenvalue weighted by atomic mass is 10.1. The second-order valence-corrected chi connectivity index (χ2v) is 8.20. The highest BCUT2D eigenvalue weighted by Crippen LogP contribution is 2.18. The monoisotopic (exact) mass is 562 g/mol. The zero-order chi connectivity index (χ0) is 22.1. The molecule has 0 aliphatic carbocycles. The van der Waals surface area contributed by atoms with E-state index in [2.05, 4.69) is 20.5 Å². The Balaban J connectivity index is 0.00000363. The van der Waals surface area contributed by atoms with E-state index in [-0.39, 0.29) is 47.9 Å². The molecule has 2 saturated heterocycles. The SMILES string of the molecule is CN=C(NCCNC(=O)c1ccc(C)c(F)c1)N1CCC(OCC2CCCCO2)CC1.I. The number of hydrogen-bond donors (Lipinski definition) is 2. The fourth-order valence-corrected chi connectivity index (χ4v) is 3.94. The molecule has 0 bridgehead atoms. The normalized spacial score (nSPS) is 19.9. The van der Waals surface area contributed by atoms with Gasteiger partial charge in [-0.25, -0.2) is 4.39 Å². The van der Waals surface area contributed by atoms with Crippen LogP contribution in [0, 0.1) is 12.7 Å². The fourth-order valence-electron chi connectivity index (χ4n) is 3.94. The van der Waals surface area contributed by atoms with Crippen LogP contribution in [0.25, 0.3) is 0 Å². The van der Waals surface area contributed by atoms with Crippen LogP contribution in [0.1, 0.15) is 48.0 Å². The number of guanidine groups is 1. The average molecular weight is 562 g/mol. The molecule has 1 aromatic rings. The number of aliphatic imine (C=N–C) groups is 1. The average Bonchev–Trinajstić information content (AvgIpc) is 2.80. The maximum absolute atomic E-state index is 13.6. The predicted molar refractivity (Wildman–Crippen MR) is 134 cm³/mol. The summed E-state index contributed by atoms with van der Waals surface area (Å²) in [5, 5.41) is 6.10. The molecule has 2 heterocycles. The van der Waals surface area contributed by atoms with Crippen molar-refractivity contribution < 1.29 is 18.7 Å². The van der Waals surface area contributed by atoms with E-state index in [9.17, 15) is 9.18 Å². The summed E-state index contributed by atoms with van der Waals surface area (Å²) in [6, 6.07) is 4.51. The van der Waals surface area contributed by atoms with Gasteiger partial charge in [-0.1, -0.05) is 6.07 Å². The molecule has 0 spiro atoms. The Morgan fingerprint density at radius 3 is 2.62 bits per heavy atom. The third kappa shape index (κ3) is 8.15. The van der Waals surface area contributed by atoms with Crippen molar-refractivity contribution in [3.05, 3.63) is 35.1 Å². The van der Waals surface area contributed by atoms with Gasteiger partial charge >= 0.3 is 0 Å². The van der Waals surface area contributed by atoms with Gasteiger partial charge in [-0.05, 0) is 56.7 Å². The molecule has 32 heavy (non-hydrogen) atoms. The van der Waals surface area contributed by atoms with Crippen LogP contribution in [0.2, 0.25) is 0 Å². The van der Waals surface area contributed by atoms with Crippen LogP contribution in [-0.4, -0.2) is 75.4 Å². The number of likely N-dealkylation sites (tertiary alicyclic amines) is 1. The van der Waals surface area contributed by atoms with E-state index in [1.54, 1.807) is 26.1 Å². The number of carbonyl (C=O) groups is 1. The molecule has 2 N–H and O–H groups in total. The number of hydrogen-bond acceptors (Lipinski definition) is 4. The van der Waals surface area contributed by atoms with Crippen molar-refractivity contribution in [2.75, 3.05) is 46.4 Å². The van der Waals surface area contributed by atoms with Gasteiger partial charge in [0.1, 0.15) is 5.82 Å². The molecule has 2 aliphatic heterocycles. The first-order valence-electron chi connectivity index (χ1n) is 11.3. The summed E-state index contributed by atoms with van der Waals surface area (Å²) in [5.41, 5.74) is 0.853. The number of halogens is 2. The van der Waals surface area contributed by atoms with E-state index in [1.807, 2.05) is 0 Å². The highest BCUT2D eigenvalue weighted by Gasteiger charge is 2.23. The third-order valence-corrected chi connectivity index (χ3v) is 5.87. The number of carbonyl (C=O) groups excluding carboxylic acids is 1. The number of piperidine rings is 1. The molecule has 3 rings (SSSR count). The zero-order valence-electron chi connectivity index (χ0n) is 19.1. The van der Waals surface area contributed by atoms with Crippen LogP contribution in [0.15, 0.2) is 23.2 Å². The van der Waals surface area contributed by atoms with Gasteiger partial charge in [0.15, 0.2) is 5.96 Å². The van der Waals surface area contributed by atoms with Gasteiger partial charge in [0.05, 0.1) is 18.8 Å². The van der Waals surface area contributed by atoms with Gasteiger partial charge < -0.3 is 25.0 Å². The second kappa shape index (κ2) is 13.9. The van der Waals surface area contributed by atoms with Crippen molar-refractivity contribution in [2.45, 2.75) is 51.2 Å². The molecule has 1 amide bonds. The van der Waals surface area contributed by atoms with Crippen LogP contribution in [-0.2, 0) is 9.47 Å². The summed E-state index contributed by atoms with van der Waals surface area (Å²) < 4.78 is 25.5. The van der Waals surface area contributed by atoms with E-state index < -0.39 is 0 Å². The molecule has 0 aromatic heterocycles. The first kappa shape index (κ1) is 26.8. The number of ether oxygens (including phenoxy) is 2. The molecule has 1 atom stereocenters. The predicted octanol–water partition coefficient (Wildman–Crippen LogP) is 3.11. The van der Waals surface area contributed by atoms with Crippen molar-refractivity contribution in [2.24, 2.45) is 4.99 Å². The minimum atomic E-state index is -0.371. The first-order valence-corrected chi connectivity index (χ1v) is 11.3. The van der Waals surface area contributed by atoms with Gasteiger partial charge in [0.25, 0.3) is 5.91 Å². The van der Waals surface area contributed by atoms with Crippen molar-refractivity contribution in [1.29, 1.82) is 0 Å². The summed E-state index contributed by atoms with van der Waals surface area (Å²) in [7, 11) is 1.76. The number of amides is 1. The van der Waals surface area contributed by atoms with Gasteiger partial charge in [-0.15, -0.1) is 24.0 Å². The lowest BCUT2D eigenvalue weighted by Crippen LogP contribution is -2.48. The Labute approximate surface area is 207 Å². The lowest BCUT2D eigenvalue weighted by molar-refractivity contribution is -0.0721. The van der Waals surface area contributed by atoms with Gasteiger partial charge in [0, 0.05) is 45.4 Å². The minimum absolute atomic E-state index is 0. The quantitative estimate of drug-likeness (QED) is 0.231. The number of rotatable bonds is 7. The fraction of sp³-hybridized carbons (Fsp3) is 0.652. The molecule has 7 nitrogen and oxygen atoms in total. The topological polar surface area (TPSA) is 75.2 Å². The standard InChI is InChI=1S/C23H35FN4O3.HI/c1-17-6-7-18(15-21(17)24)22(29)26-10-11-27-23(25-2)28-12-8-19(9-13-28)31-16-20-5-3-4-14-30-20;/h6-7,15,19-20H,3-5,8-14,16H2,1-2H3,(H,25,27)(H,26,29);1H. The number of benzene rings is 1. The Morgan fingerprint density at radius 1 is 1.22 bits per heavy atom. The van der Waals surface area contributed by atoms with Gasteiger partial charge in [-0.3, -0.25) is 9.79 Å². The van der Waals surface area contributed by atoms with Gasteiger partial charge in [-0.2, -0.15) is 0 Å². The molecule has 9 heteroatoms. The summed E-state index contributed by atoms with van der Waals surface area (Å²) in [5.74, 6) is 0.171.